The molecule has 7 heteroatoms. The zero-order valence-corrected chi connectivity index (χ0v) is 18.6. The van der Waals surface area contributed by atoms with Crippen molar-refractivity contribution >= 4 is 33.6 Å². The van der Waals surface area contributed by atoms with E-state index in [0.29, 0.717) is 35.8 Å². The molecule has 2 rings (SSSR count). The summed E-state index contributed by atoms with van der Waals surface area (Å²) < 4.78 is 0.996. The molecule has 1 aromatic heterocycles. The number of halogens is 1. The van der Waals surface area contributed by atoms with Crippen LogP contribution < -0.4 is 5.56 Å². The van der Waals surface area contributed by atoms with Gasteiger partial charge in [-0.1, -0.05) is 52.8 Å². The molecule has 0 saturated carbocycles. The molecule has 1 atom stereocenters. The minimum Gasteiger partial charge on any atom is -0.336 e. The Morgan fingerprint density at radius 2 is 2.07 bits per heavy atom. The van der Waals surface area contributed by atoms with Gasteiger partial charge in [0.2, 0.25) is 5.91 Å². The predicted molar refractivity (Wildman–Crippen MR) is 114 cm³/mol. The summed E-state index contributed by atoms with van der Waals surface area (Å²) in [6.07, 6.45) is 3.43. The molecule has 1 amide bonds. The minimum absolute atomic E-state index is 0.0376. The van der Waals surface area contributed by atoms with E-state index in [1.807, 2.05) is 49.3 Å². The number of rotatable bonds is 8. The molecule has 0 radical (unpaired) electrons. The van der Waals surface area contributed by atoms with E-state index in [-0.39, 0.29) is 17.5 Å². The summed E-state index contributed by atoms with van der Waals surface area (Å²) in [4.78, 5) is 34.3. The van der Waals surface area contributed by atoms with Gasteiger partial charge in [-0.15, -0.1) is 0 Å². The van der Waals surface area contributed by atoms with Crippen LogP contribution in [-0.2, 0) is 11.2 Å². The molecule has 0 saturated heterocycles. The molecule has 0 bridgehead atoms. The fraction of sp³-hybridized carbons (Fsp3) is 0.450. The Morgan fingerprint density at radius 3 is 2.67 bits per heavy atom. The summed E-state index contributed by atoms with van der Waals surface area (Å²) in [5.41, 5.74) is 2.21. The van der Waals surface area contributed by atoms with Crippen molar-refractivity contribution in [2.24, 2.45) is 0 Å². The highest BCUT2D eigenvalue weighted by Gasteiger charge is 2.22. The van der Waals surface area contributed by atoms with Gasteiger partial charge in [0.15, 0.2) is 5.16 Å². The summed E-state index contributed by atoms with van der Waals surface area (Å²) in [5, 5.41) is 0.600. The summed E-state index contributed by atoms with van der Waals surface area (Å²) in [7, 11) is 0. The lowest BCUT2D eigenvalue weighted by atomic mass is 10.0. The van der Waals surface area contributed by atoms with Gasteiger partial charge in [-0.3, -0.25) is 9.59 Å². The number of H-pyrrole nitrogens is 1. The quantitative estimate of drug-likeness (QED) is 0.473. The van der Waals surface area contributed by atoms with E-state index in [0.717, 1.165) is 16.5 Å². The molecule has 0 spiro atoms. The van der Waals surface area contributed by atoms with Gasteiger partial charge in [-0.25, -0.2) is 4.98 Å². The standard InChI is InChI=1S/C20H26BrN3O2S/c1-5-12-24(14(3)16-8-6-7-9-17(16)21)18(25)11-10-15-13(2)22-20(27-4)23-19(15)26/h6-9,14H,5,10-12H2,1-4H3,(H,22,23,26). The maximum atomic E-state index is 13.0. The lowest BCUT2D eigenvalue weighted by Gasteiger charge is -2.30. The van der Waals surface area contributed by atoms with Crippen molar-refractivity contribution in [2.45, 2.75) is 51.2 Å². The zero-order valence-electron chi connectivity index (χ0n) is 16.2. The number of nitrogens with one attached hydrogen (secondary N) is 1. The Bertz CT molecular complexity index is 853. The highest BCUT2D eigenvalue weighted by atomic mass is 79.9. The van der Waals surface area contributed by atoms with Crippen molar-refractivity contribution in [3.8, 4) is 0 Å². The first-order valence-electron chi connectivity index (χ1n) is 9.06. The monoisotopic (exact) mass is 451 g/mol. The zero-order chi connectivity index (χ0) is 20.0. The lowest BCUT2D eigenvalue weighted by Crippen LogP contribution is -2.35. The number of carbonyl (C=O) groups is 1. The van der Waals surface area contributed by atoms with Gasteiger partial charge in [-0.05, 0) is 44.6 Å². The Labute approximate surface area is 173 Å². The Balaban J connectivity index is 2.16. The normalized spacial score (nSPS) is 12.0. The van der Waals surface area contributed by atoms with Gasteiger partial charge in [-0.2, -0.15) is 0 Å². The number of aryl methyl sites for hydroxylation is 1. The number of nitrogens with zero attached hydrogens (tertiary/aromatic N) is 2. The van der Waals surface area contributed by atoms with Gasteiger partial charge in [0.05, 0.1) is 6.04 Å². The molecule has 1 N–H and O–H groups in total. The summed E-state index contributed by atoms with van der Waals surface area (Å²) >= 11 is 4.98. The second-order valence-corrected chi connectivity index (χ2v) is 8.07. The maximum absolute atomic E-state index is 13.0. The van der Waals surface area contributed by atoms with E-state index in [1.165, 1.54) is 11.8 Å². The fourth-order valence-electron chi connectivity index (χ4n) is 3.11. The van der Waals surface area contributed by atoms with Crippen LogP contribution in [0.1, 0.15) is 49.6 Å². The van der Waals surface area contributed by atoms with Gasteiger partial charge < -0.3 is 9.88 Å². The maximum Gasteiger partial charge on any atom is 0.254 e. The van der Waals surface area contributed by atoms with E-state index in [9.17, 15) is 9.59 Å². The molecule has 2 aromatic rings. The van der Waals surface area contributed by atoms with Crippen LogP contribution in [0.4, 0.5) is 0 Å². The van der Waals surface area contributed by atoms with Crippen molar-refractivity contribution < 1.29 is 4.79 Å². The highest BCUT2D eigenvalue weighted by molar-refractivity contribution is 9.10. The van der Waals surface area contributed by atoms with Crippen molar-refractivity contribution in [1.82, 2.24) is 14.9 Å². The first-order valence-corrected chi connectivity index (χ1v) is 11.1. The molecule has 27 heavy (non-hydrogen) atoms. The van der Waals surface area contributed by atoms with Gasteiger partial charge in [0, 0.05) is 28.7 Å². The van der Waals surface area contributed by atoms with Crippen LogP contribution in [0.25, 0.3) is 0 Å². The van der Waals surface area contributed by atoms with Crippen LogP contribution in [0.5, 0.6) is 0 Å². The number of hydrogen-bond acceptors (Lipinski definition) is 4. The molecule has 0 aliphatic carbocycles. The number of aromatic nitrogens is 2. The molecular formula is C20H26BrN3O2S. The Hall–Kier alpha value is -1.60. The topological polar surface area (TPSA) is 66.1 Å². The summed E-state index contributed by atoms with van der Waals surface area (Å²) in [6, 6.07) is 7.93. The van der Waals surface area contributed by atoms with Crippen LogP contribution in [0.15, 0.2) is 38.7 Å². The van der Waals surface area contributed by atoms with Gasteiger partial charge in [0.1, 0.15) is 0 Å². The summed E-state index contributed by atoms with van der Waals surface area (Å²) in [6.45, 7) is 6.61. The average Bonchev–Trinajstić information content (AvgIpc) is 2.64. The first kappa shape index (κ1) is 21.7. The molecule has 1 unspecified atom stereocenters. The van der Waals surface area contributed by atoms with Crippen LogP contribution >= 0.6 is 27.7 Å². The number of aromatic amines is 1. The second-order valence-electron chi connectivity index (χ2n) is 6.42. The fourth-order valence-corrected chi connectivity index (χ4v) is 4.15. The van der Waals surface area contributed by atoms with Crippen LogP contribution in [0.2, 0.25) is 0 Å². The number of amides is 1. The van der Waals surface area contributed by atoms with Crippen molar-refractivity contribution in [3.63, 3.8) is 0 Å². The third-order valence-electron chi connectivity index (χ3n) is 4.59. The van der Waals surface area contributed by atoms with Gasteiger partial charge in [0.25, 0.3) is 5.56 Å². The lowest BCUT2D eigenvalue weighted by molar-refractivity contribution is -0.133. The highest BCUT2D eigenvalue weighted by Crippen LogP contribution is 2.28. The Morgan fingerprint density at radius 1 is 1.37 bits per heavy atom. The molecule has 0 fully saturated rings. The molecule has 0 aliphatic heterocycles. The number of hydrogen-bond donors (Lipinski definition) is 1. The van der Waals surface area contributed by atoms with Crippen molar-refractivity contribution in [3.05, 3.63) is 55.9 Å². The van der Waals surface area contributed by atoms with E-state index < -0.39 is 0 Å². The summed E-state index contributed by atoms with van der Waals surface area (Å²) in [5.74, 6) is 0.0489. The van der Waals surface area contributed by atoms with Crippen LogP contribution in [0, 0.1) is 6.92 Å². The SMILES string of the molecule is CCCN(C(=O)CCc1c(C)nc(SC)[nH]c1=O)C(C)c1ccccc1Br. The smallest absolute Gasteiger partial charge is 0.254 e. The molecule has 146 valence electrons. The molecule has 0 aliphatic rings. The van der Waals surface area contributed by atoms with E-state index in [1.54, 1.807) is 0 Å². The average molecular weight is 452 g/mol. The molecule has 5 nitrogen and oxygen atoms in total. The second kappa shape index (κ2) is 10.1. The largest absolute Gasteiger partial charge is 0.336 e. The van der Waals surface area contributed by atoms with E-state index >= 15 is 0 Å². The molecule has 1 heterocycles. The van der Waals surface area contributed by atoms with E-state index in [2.05, 4.69) is 32.8 Å². The number of carbonyl (C=O) groups excluding carboxylic acids is 1. The Kier molecular flexibility index (Phi) is 8.10. The minimum atomic E-state index is -0.152. The predicted octanol–water partition coefficient (Wildman–Crippen LogP) is 4.50. The molecular weight excluding hydrogens is 426 g/mol. The third kappa shape index (κ3) is 5.45. The number of benzene rings is 1. The van der Waals surface area contributed by atoms with Crippen molar-refractivity contribution in [2.75, 3.05) is 12.8 Å². The van der Waals surface area contributed by atoms with Crippen LogP contribution in [-0.4, -0.2) is 33.6 Å². The van der Waals surface area contributed by atoms with Crippen LogP contribution in [0.3, 0.4) is 0 Å². The van der Waals surface area contributed by atoms with Crippen molar-refractivity contribution in [1.29, 1.82) is 0 Å². The molecule has 1 aromatic carbocycles. The van der Waals surface area contributed by atoms with Gasteiger partial charge >= 0.3 is 0 Å². The van der Waals surface area contributed by atoms with E-state index in [4.69, 9.17) is 0 Å². The third-order valence-corrected chi connectivity index (χ3v) is 5.89. The first-order chi connectivity index (χ1) is 12.9. The number of thioether (sulfide) groups is 1.